The van der Waals surface area contributed by atoms with Crippen LogP contribution in [0.5, 0.6) is 0 Å². The van der Waals surface area contributed by atoms with Crippen LogP contribution in [0, 0.1) is 12.7 Å². The smallest absolute Gasteiger partial charge is 0.241 e. The van der Waals surface area contributed by atoms with E-state index in [1.165, 1.54) is 17.9 Å². The number of hydrogen-bond donors (Lipinski definition) is 1. The Kier molecular flexibility index (Phi) is 5.12. The van der Waals surface area contributed by atoms with Gasteiger partial charge >= 0.3 is 0 Å². The molecule has 0 bridgehead atoms. The summed E-state index contributed by atoms with van der Waals surface area (Å²) < 4.78 is 39.8. The monoisotopic (exact) mass is 336 g/mol. The van der Waals surface area contributed by atoms with Gasteiger partial charge in [0.2, 0.25) is 15.9 Å². The topological polar surface area (TPSA) is 66.5 Å². The fraction of sp³-hybridized carbons (Fsp3) is 0.188. The Balaban J connectivity index is 2.08. The van der Waals surface area contributed by atoms with E-state index in [4.69, 9.17) is 0 Å². The van der Waals surface area contributed by atoms with Crippen LogP contribution >= 0.6 is 0 Å². The van der Waals surface area contributed by atoms with Gasteiger partial charge in [-0.15, -0.1) is 0 Å². The minimum atomic E-state index is -3.88. The molecular formula is C16H17FN2O3S. The summed E-state index contributed by atoms with van der Waals surface area (Å²) in [5.74, 6) is -0.916. The molecule has 0 atom stereocenters. The summed E-state index contributed by atoms with van der Waals surface area (Å²) in [5.41, 5.74) is 0.941. The fourth-order valence-electron chi connectivity index (χ4n) is 2.06. The molecule has 0 unspecified atom stereocenters. The van der Waals surface area contributed by atoms with Crippen molar-refractivity contribution >= 4 is 21.6 Å². The molecule has 0 saturated carbocycles. The van der Waals surface area contributed by atoms with E-state index >= 15 is 0 Å². The van der Waals surface area contributed by atoms with Gasteiger partial charge in [0.05, 0.1) is 11.4 Å². The molecule has 0 aliphatic carbocycles. The average molecular weight is 336 g/mol. The molecule has 0 heterocycles. The van der Waals surface area contributed by atoms with Gasteiger partial charge in [0.1, 0.15) is 5.82 Å². The largest absolute Gasteiger partial charge is 0.314 e. The number of para-hydroxylation sites is 1. The van der Waals surface area contributed by atoms with Gasteiger partial charge in [0, 0.05) is 12.7 Å². The maximum absolute atomic E-state index is 13.1. The summed E-state index contributed by atoms with van der Waals surface area (Å²) in [6.45, 7) is 1.11. The number of carbonyl (C=O) groups is 1. The zero-order valence-electron chi connectivity index (χ0n) is 12.8. The lowest BCUT2D eigenvalue weighted by atomic mass is 10.2. The lowest BCUT2D eigenvalue weighted by molar-refractivity contribution is -0.117. The van der Waals surface area contributed by atoms with Crippen molar-refractivity contribution in [3.05, 3.63) is 59.9 Å². The third kappa shape index (κ3) is 4.14. The molecule has 2 aromatic carbocycles. The maximum Gasteiger partial charge on any atom is 0.241 e. The van der Waals surface area contributed by atoms with Crippen molar-refractivity contribution in [3.8, 4) is 0 Å². The number of rotatable bonds is 5. The Morgan fingerprint density at radius 1 is 1.17 bits per heavy atom. The predicted octanol–water partition coefficient (Wildman–Crippen LogP) is 2.08. The Bertz CT molecular complexity index is 807. The number of anilines is 1. The molecule has 2 rings (SSSR count). The number of halogens is 1. The van der Waals surface area contributed by atoms with Gasteiger partial charge in [-0.1, -0.05) is 18.2 Å². The zero-order valence-corrected chi connectivity index (χ0v) is 13.6. The second-order valence-electron chi connectivity index (χ2n) is 5.02. The Hall–Kier alpha value is -2.25. The van der Waals surface area contributed by atoms with Gasteiger partial charge in [-0.2, -0.15) is 0 Å². The van der Waals surface area contributed by atoms with Crippen LogP contribution in [0.4, 0.5) is 10.1 Å². The number of nitrogens with zero attached hydrogens (tertiary/aromatic N) is 1. The van der Waals surface area contributed by atoms with E-state index in [1.807, 2.05) is 6.07 Å². The van der Waals surface area contributed by atoms with Gasteiger partial charge in [0.15, 0.2) is 0 Å². The molecule has 0 saturated heterocycles. The number of sulfonamides is 1. The van der Waals surface area contributed by atoms with Crippen molar-refractivity contribution in [2.45, 2.75) is 11.8 Å². The van der Waals surface area contributed by atoms with Crippen LogP contribution < -0.4 is 9.62 Å². The molecule has 2 aromatic rings. The molecule has 7 heteroatoms. The highest BCUT2D eigenvalue weighted by atomic mass is 32.2. The molecule has 0 aromatic heterocycles. The lowest BCUT2D eigenvalue weighted by Crippen LogP contribution is -2.38. The summed E-state index contributed by atoms with van der Waals surface area (Å²) in [7, 11) is -2.32. The highest BCUT2D eigenvalue weighted by molar-refractivity contribution is 7.89. The zero-order chi connectivity index (χ0) is 17.0. The average Bonchev–Trinajstić information content (AvgIpc) is 2.52. The predicted molar refractivity (Wildman–Crippen MR) is 86.2 cm³/mol. The van der Waals surface area contributed by atoms with E-state index in [0.717, 1.165) is 12.1 Å². The van der Waals surface area contributed by atoms with Crippen molar-refractivity contribution in [3.63, 3.8) is 0 Å². The van der Waals surface area contributed by atoms with Crippen LogP contribution in [0.2, 0.25) is 0 Å². The Labute approximate surface area is 134 Å². The van der Waals surface area contributed by atoms with Gasteiger partial charge in [-0.3, -0.25) is 4.79 Å². The van der Waals surface area contributed by atoms with Crippen molar-refractivity contribution in [2.24, 2.45) is 0 Å². The Morgan fingerprint density at radius 2 is 1.83 bits per heavy atom. The molecule has 0 fully saturated rings. The van der Waals surface area contributed by atoms with Crippen molar-refractivity contribution in [1.29, 1.82) is 0 Å². The summed E-state index contributed by atoms with van der Waals surface area (Å²) in [6.07, 6.45) is 0. The molecule has 1 amide bonds. The van der Waals surface area contributed by atoms with E-state index in [-0.39, 0.29) is 17.0 Å². The van der Waals surface area contributed by atoms with E-state index < -0.39 is 21.7 Å². The molecule has 5 nitrogen and oxygen atoms in total. The van der Waals surface area contributed by atoms with Gasteiger partial charge < -0.3 is 4.90 Å². The van der Waals surface area contributed by atoms with Crippen LogP contribution in [0.25, 0.3) is 0 Å². The molecule has 1 N–H and O–H groups in total. The third-order valence-corrected chi connectivity index (χ3v) is 4.92. The van der Waals surface area contributed by atoms with Crippen LogP contribution in [-0.4, -0.2) is 27.9 Å². The normalized spacial score (nSPS) is 11.3. The number of nitrogens with one attached hydrogen (secondary N) is 1. The number of aryl methyl sites for hydroxylation is 1. The third-order valence-electron chi connectivity index (χ3n) is 3.36. The molecule has 122 valence electrons. The quantitative estimate of drug-likeness (QED) is 0.909. The number of hydrogen-bond acceptors (Lipinski definition) is 3. The van der Waals surface area contributed by atoms with Crippen LogP contribution in [0.3, 0.4) is 0 Å². The lowest BCUT2D eigenvalue weighted by Gasteiger charge is -2.17. The van der Waals surface area contributed by atoms with Crippen molar-refractivity contribution in [1.82, 2.24) is 4.72 Å². The first-order chi connectivity index (χ1) is 10.8. The van der Waals surface area contributed by atoms with Crippen molar-refractivity contribution in [2.75, 3.05) is 18.5 Å². The molecule has 23 heavy (non-hydrogen) atoms. The molecular weight excluding hydrogens is 319 g/mol. The highest BCUT2D eigenvalue weighted by Crippen LogP contribution is 2.16. The van der Waals surface area contributed by atoms with E-state index in [2.05, 4.69) is 4.72 Å². The Morgan fingerprint density at radius 3 is 2.43 bits per heavy atom. The highest BCUT2D eigenvalue weighted by Gasteiger charge is 2.19. The van der Waals surface area contributed by atoms with Crippen molar-refractivity contribution < 1.29 is 17.6 Å². The standard InChI is InChI=1S/C16H17FN2O3S/c1-12-10-13(17)8-9-15(12)23(21,22)18-11-16(20)19(2)14-6-4-3-5-7-14/h3-10,18H,11H2,1-2H3. The van der Waals surface area contributed by atoms with Crippen LogP contribution in [0.15, 0.2) is 53.4 Å². The number of carbonyl (C=O) groups excluding carboxylic acids is 1. The van der Waals surface area contributed by atoms with Crippen LogP contribution in [-0.2, 0) is 14.8 Å². The summed E-state index contributed by atoms with van der Waals surface area (Å²) in [5, 5.41) is 0. The molecule has 0 spiro atoms. The van der Waals surface area contributed by atoms with E-state index in [1.54, 1.807) is 31.3 Å². The molecule has 0 aliphatic rings. The SMILES string of the molecule is Cc1cc(F)ccc1S(=O)(=O)NCC(=O)N(C)c1ccccc1. The summed E-state index contributed by atoms with van der Waals surface area (Å²) in [4.78, 5) is 13.4. The summed E-state index contributed by atoms with van der Waals surface area (Å²) in [6, 6.07) is 12.3. The van der Waals surface area contributed by atoms with E-state index in [0.29, 0.717) is 5.69 Å². The first kappa shape index (κ1) is 17.1. The maximum atomic E-state index is 13.1. The number of likely N-dealkylation sites (N-methyl/N-ethyl adjacent to an activating group) is 1. The van der Waals surface area contributed by atoms with Crippen LogP contribution in [0.1, 0.15) is 5.56 Å². The second kappa shape index (κ2) is 6.89. The number of amides is 1. The first-order valence-corrected chi connectivity index (χ1v) is 8.37. The molecule has 0 aliphatic heterocycles. The summed E-state index contributed by atoms with van der Waals surface area (Å²) >= 11 is 0. The number of benzene rings is 2. The molecule has 0 radical (unpaired) electrons. The second-order valence-corrected chi connectivity index (χ2v) is 6.76. The fourth-order valence-corrected chi connectivity index (χ4v) is 3.26. The minimum Gasteiger partial charge on any atom is -0.314 e. The van der Waals surface area contributed by atoms with E-state index in [9.17, 15) is 17.6 Å². The van der Waals surface area contributed by atoms with Gasteiger partial charge in [0.25, 0.3) is 0 Å². The van der Waals surface area contributed by atoms with Gasteiger partial charge in [-0.05, 0) is 42.8 Å². The van der Waals surface area contributed by atoms with Gasteiger partial charge in [-0.25, -0.2) is 17.5 Å². The first-order valence-electron chi connectivity index (χ1n) is 6.88. The minimum absolute atomic E-state index is 0.0472.